The van der Waals surface area contributed by atoms with Gasteiger partial charge in [0.1, 0.15) is 0 Å². The standard InChI is InChI=1S/C17H23ClN2O/c1-11-9-10-20(15-8-3-2-5-12(11)15)17(21)13-6-4-7-14(19)16(13)18/h4,6-7,11-12,15H,2-3,5,8-10,19H2,1H3. The molecule has 3 unspecified atom stereocenters. The fourth-order valence-electron chi connectivity index (χ4n) is 4.04. The lowest BCUT2D eigenvalue weighted by Crippen LogP contribution is -2.52. The van der Waals surface area contributed by atoms with Crippen molar-refractivity contribution in [3.05, 3.63) is 28.8 Å². The second kappa shape index (κ2) is 5.88. The summed E-state index contributed by atoms with van der Waals surface area (Å²) in [7, 11) is 0. The van der Waals surface area contributed by atoms with Gasteiger partial charge in [0.2, 0.25) is 0 Å². The van der Waals surface area contributed by atoms with Gasteiger partial charge in [0, 0.05) is 12.6 Å². The highest BCUT2D eigenvalue weighted by Gasteiger charge is 2.39. The summed E-state index contributed by atoms with van der Waals surface area (Å²) in [5.41, 5.74) is 6.87. The monoisotopic (exact) mass is 306 g/mol. The maximum atomic E-state index is 12.9. The van der Waals surface area contributed by atoms with Crippen LogP contribution in [-0.2, 0) is 0 Å². The molecule has 3 nitrogen and oxygen atoms in total. The number of nitrogen functional groups attached to an aromatic ring is 1. The molecule has 1 saturated heterocycles. The first-order valence-corrected chi connectivity index (χ1v) is 8.32. The number of hydrogen-bond acceptors (Lipinski definition) is 2. The van der Waals surface area contributed by atoms with Crippen LogP contribution in [-0.4, -0.2) is 23.4 Å². The number of carbonyl (C=O) groups is 1. The third kappa shape index (κ3) is 2.64. The van der Waals surface area contributed by atoms with E-state index >= 15 is 0 Å². The van der Waals surface area contributed by atoms with Crippen LogP contribution >= 0.6 is 11.6 Å². The third-order valence-corrected chi connectivity index (χ3v) is 5.68. The number of benzene rings is 1. The largest absolute Gasteiger partial charge is 0.398 e. The number of anilines is 1. The lowest BCUT2D eigenvalue weighted by Gasteiger charge is -2.47. The molecule has 0 bridgehead atoms. The number of nitrogens with zero attached hydrogens (tertiary/aromatic N) is 1. The summed E-state index contributed by atoms with van der Waals surface area (Å²) in [6.45, 7) is 3.17. The molecule has 1 saturated carbocycles. The van der Waals surface area contributed by atoms with Gasteiger partial charge >= 0.3 is 0 Å². The highest BCUT2D eigenvalue weighted by atomic mass is 35.5. The second-order valence-electron chi connectivity index (χ2n) is 6.49. The Balaban J connectivity index is 1.88. The number of rotatable bonds is 1. The summed E-state index contributed by atoms with van der Waals surface area (Å²) < 4.78 is 0. The summed E-state index contributed by atoms with van der Waals surface area (Å²) in [4.78, 5) is 15.0. The molecule has 1 aliphatic heterocycles. The van der Waals surface area contributed by atoms with E-state index in [0.29, 0.717) is 28.2 Å². The van der Waals surface area contributed by atoms with Gasteiger partial charge in [-0.3, -0.25) is 4.79 Å². The summed E-state index contributed by atoms with van der Waals surface area (Å²) in [6.07, 6.45) is 5.99. The van der Waals surface area contributed by atoms with Crippen molar-refractivity contribution < 1.29 is 4.79 Å². The van der Waals surface area contributed by atoms with Crippen molar-refractivity contribution in [3.8, 4) is 0 Å². The molecule has 1 amide bonds. The maximum absolute atomic E-state index is 12.9. The first kappa shape index (κ1) is 14.7. The van der Waals surface area contributed by atoms with E-state index in [-0.39, 0.29) is 5.91 Å². The van der Waals surface area contributed by atoms with Gasteiger partial charge in [-0.25, -0.2) is 0 Å². The van der Waals surface area contributed by atoms with Gasteiger partial charge in [0.15, 0.2) is 0 Å². The van der Waals surface area contributed by atoms with Gasteiger partial charge in [-0.1, -0.05) is 37.4 Å². The number of amides is 1. The minimum Gasteiger partial charge on any atom is -0.398 e. The number of piperidine rings is 1. The number of fused-ring (bicyclic) bond motifs is 1. The van der Waals surface area contributed by atoms with Crippen molar-refractivity contribution in [2.45, 2.75) is 45.1 Å². The molecular weight excluding hydrogens is 284 g/mol. The highest BCUT2D eigenvalue weighted by Crippen LogP contribution is 2.39. The molecule has 1 aromatic carbocycles. The molecule has 2 N–H and O–H groups in total. The SMILES string of the molecule is CC1CCN(C(=O)c2cccc(N)c2Cl)C2CCCCC12. The van der Waals surface area contributed by atoms with Gasteiger partial charge < -0.3 is 10.6 Å². The van der Waals surface area contributed by atoms with Gasteiger partial charge in [-0.05, 0) is 43.2 Å². The molecule has 0 radical (unpaired) electrons. The molecule has 1 aromatic rings. The Bertz CT molecular complexity index is 546. The molecule has 3 atom stereocenters. The van der Waals surface area contributed by atoms with E-state index < -0.39 is 0 Å². The van der Waals surface area contributed by atoms with E-state index in [2.05, 4.69) is 11.8 Å². The quantitative estimate of drug-likeness (QED) is 0.798. The minimum absolute atomic E-state index is 0.0519. The average molecular weight is 307 g/mol. The number of hydrogen-bond donors (Lipinski definition) is 1. The molecule has 114 valence electrons. The summed E-state index contributed by atoms with van der Waals surface area (Å²) in [5, 5.41) is 0.397. The molecule has 1 aliphatic carbocycles. The van der Waals surface area contributed by atoms with Crippen molar-refractivity contribution in [2.24, 2.45) is 11.8 Å². The number of carbonyl (C=O) groups excluding carboxylic acids is 1. The maximum Gasteiger partial charge on any atom is 0.255 e. The summed E-state index contributed by atoms with van der Waals surface area (Å²) >= 11 is 6.24. The lowest BCUT2D eigenvalue weighted by atomic mass is 9.72. The van der Waals surface area contributed by atoms with Crippen molar-refractivity contribution in [2.75, 3.05) is 12.3 Å². The third-order valence-electron chi connectivity index (χ3n) is 5.26. The van der Waals surface area contributed by atoms with Crippen LogP contribution in [0.3, 0.4) is 0 Å². The van der Waals surface area contributed by atoms with Crippen LogP contribution in [0.5, 0.6) is 0 Å². The zero-order valence-electron chi connectivity index (χ0n) is 12.5. The molecule has 2 aliphatic rings. The van der Waals surface area contributed by atoms with Gasteiger partial charge in [0.05, 0.1) is 16.3 Å². The van der Waals surface area contributed by atoms with E-state index in [9.17, 15) is 4.79 Å². The van der Waals surface area contributed by atoms with E-state index in [0.717, 1.165) is 25.3 Å². The Morgan fingerprint density at radius 1 is 1.29 bits per heavy atom. The van der Waals surface area contributed by atoms with Crippen LogP contribution in [0.4, 0.5) is 5.69 Å². The van der Waals surface area contributed by atoms with Crippen LogP contribution < -0.4 is 5.73 Å². The molecule has 3 rings (SSSR count). The van der Waals surface area contributed by atoms with Crippen molar-refractivity contribution in [3.63, 3.8) is 0 Å². The highest BCUT2D eigenvalue weighted by molar-refractivity contribution is 6.36. The molecule has 0 aromatic heterocycles. The second-order valence-corrected chi connectivity index (χ2v) is 6.87. The van der Waals surface area contributed by atoms with E-state index in [4.69, 9.17) is 17.3 Å². The lowest BCUT2D eigenvalue weighted by molar-refractivity contribution is 0.0218. The van der Waals surface area contributed by atoms with Gasteiger partial charge in [-0.15, -0.1) is 0 Å². The molecule has 1 heterocycles. The van der Waals surface area contributed by atoms with Crippen LogP contribution in [0.15, 0.2) is 18.2 Å². The van der Waals surface area contributed by atoms with E-state index in [1.807, 2.05) is 0 Å². The van der Waals surface area contributed by atoms with E-state index in [1.165, 1.54) is 19.3 Å². The fraction of sp³-hybridized carbons (Fsp3) is 0.588. The predicted molar refractivity (Wildman–Crippen MR) is 86.4 cm³/mol. The topological polar surface area (TPSA) is 46.3 Å². The zero-order chi connectivity index (χ0) is 15.0. The van der Waals surface area contributed by atoms with Crippen LogP contribution in [0.1, 0.15) is 49.4 Å². The molecule has 21 heavy (non-hydrogen) atoms. The smallest absolute Gasteiger partial charge is 0.255 e. The molecule has 0 spiro atoms. The van der Waals surface area contributed by atoms with Crippen LogP contribution in [0.2, 0.25) is 5.02 Å². The zero-order valence-corrected chi connectivity index (χ0v) is 13.3. The normalized spacial score (nSPS) is 29.0. The summed E-state index contributed by atoms with van der Waals surface area (Å²) in [5.74, 6) is 1.42. The number of halogens is 1. The van der Waals surface area contributed by atoms with Crippen molar-refractivity contribution >= 4 is 23.2 Å². The molecular formula is C17H23ClN2O. The van der Waals surface area contributed by atoms with Crippen LogP contribution in [0, 0.1) is 11.8 Å². The Morgan fingerprint density at radius 2 is 2.05 bits per heavy atom. The molecule has 2 fully saturated rings. The minimum atomic E-state index is 0.0519. The average Bonchev–Trinajstić information content (AvgIpc) is 2.50. The Kier molecular flexibility index (Phi) is 4.12. The first-order chi connectivity index (χ1) is 10.1. The summed E-state index contributed by atoms with van der Waals surface area (Å²) in [6, 6.07) is 5.71. The first-order valence-electron chi connectivity index (χ1n) is 7.94. The number of likely N-dealkylation sites (tertiary alicyclic amines) is 1. The van der Waals surface area contributed by atoms with E-state index in [1.54, 1.807) is 18.2 Å². The number of nitrogens with two attached hydrogens (primary N) is 1. The Hall–Kier alpha value is -1.22. The van der Waals surface area contributed by atoms with Gasteiger partial charge in [0.25, 0.3) is 5.91 Å². The fourth-order valence-corrected chi connectivity index (χ4v) is 4.24. The van der Waals surface area contributed by atoms with Crippen LogP contribution in [0.25, 0.3) is 0 Å². The Labute approximate surface area is 131 Å². The van der Waals surface area contributed by atoms with Crippen molar-refractivity contribution in [1.82, 2.24) is 4.90 Å². The van der Waals surface area contributed by atoms with Gasteiger partial charge in [-0.2, -0.15) is 0 Å². The Morgan fingerprint density at radius 3 is 2.86 bits per heavy atom. The molecule has 4 heteroatoms. The van der Waals surface area contributed by atoms with Crippen molar-refractivity contribution in [1.29, 1.82) is 0 Å². The predicted octanol–water partition coefficient (Wildman–Crippen LogP) is 3.96.